The number of aromatic nitrogens is 1. The van der Waals surface area contributed by atoms with E-state index in [2.05, 4.69) is 10.3 Å². The molecule has 1 aromatic carbocycles. The number of allylic oxidation sites excluding steroid dienone is 1. The van der Waals surface area contributed by atoms with Crippen LogP contribution in [0.3, 0.4) is 0 Å². The number of aliphatic carboxylic acids is 1. The zero-order chi connectivity index (χ0) is 23.3. The van der Waals surface area contributed by atoms with Crippen LogP contribution in [0.2, 0.25) is 0 Å². The van der Waals surface area contributed by atoms with Gasteiger partial charge in [-0.3, -0.25) is 9.79 Å². The highest BCUT2D eigenvalue weighted by molar-refractivity contribution is 7.11. The molecule has 6 aliphatic carbocycles. The number of methoxy groups -OCH3 is 1. The molecule has 2 heterocycles. The van der Waals surface area contributed by atoms with Crippen molar-refractivity contribution in [2.24, 2.45) is 51.3 Å². The van der Waals surface area contributed by atoms with Crippen LogP contribution >= 0.6 is 11.3 Å². The Bertz CT molecular complexity index is 1360. The molecule has 1 aliphatic heterocycles. The number of hydrogen-bond acceptors (Lipinski definition) is 7. The molecule has 9 rings (SSSR count). The number of esters is 1. The number of carbonyl (C=O) groups excluding carboxylic acids is 1. The maximum absolute atomic E-state index is 14.6. The zero-order valence-corrected chi connectivity index (χ0v) is 19.1. The van der Waals surface area contributed by atoms with Crippen LogP contribution in [-0.4, -0.2) is 35.0 Å². The molecule has 0 bridgehead atoms. The molecule has 0 spiro atoms. The highest BCUT2D eigenvalue weighted by Crippen LogP contribution is 3.11. The zero-order valence-electron chi connectivity index (χ0n) is 18.3. The molecule has 0 saturated heterocycles. The van der Waals surface area contributed by atoms with E-state index in [4.69, 9.17) is 9.73 Å². The summed E-state index contributed by atoms with van der Waals surface area (Å²) in [6, 6.07) is 4.11. The molecule has 1 aromatic heterocycles. The SMILES string of the molecule is COC(=O)C1=C(C23C4C5C2C2C3C4C52C(=O)O)NC(c2nccs2)=NC1c1cccc(F)c1C. The first-order valence-electron chi connectivity index (χ1n) is 11.5. The molecular weight excluding hydrogens is 457 g/mol. The summed E-state index contributed by atoms with van der Waals surface area (Å²) in [5.74, 6) is 0.503. The van der Waals surface area contributed by atoms with Crippen molar-refractivity contribution >= 4 is 29.1 Å². The number of rotatable bonds is 5. The lowest BCUT2D eigenvalue weighted by Crippen LogP contribution is -3.11. The molecule has 34 heavy (non-hydrogen) atoms. The van der Waals surface area contributed by atoms with E-state index in [9.17, 15) is 19.1 Å². The number of aliphatic imine (C=N–C) groups is 1. The largest absolute Gasteiger partial charge is 0.481 e. The Labute approximate surface area is 197 Å². The standard InChI is InChI=1S/C25H20FN3O4S/c1-8-9(4-3-5-10(8)26)18-11(22(30)33-2)19(29-20(28-18)21-27-6-7-34-21)24-12-15-13(24)17-14(24)16(12)25(15,17)23(31)32/h3-7,12-18H,1-2H3,(H,28,29)(H,31,32). The number of benzene rings is 1. The van der Waals surface area contributed by atoms with Crippen molar-refractivity contribution in [1.29, 1.82) is 0 Å². The van der Waals surface area contributed by atoms with Gasteiger partial charge in [-0.1, -0.05) is 12.1 Å². The van der Waals surface area contributed by atoms with Gasteiger partial charge in [-0.05, 0) is 59.6 Å². The van der Waals surface area contributed by atoms with Gasteiger partial charge in [0, 0.05) is 22.7 Å². The van der Waals surface area contributed by atoms with Gasteiger partial charge in [-0.15, -0.1) is 11.3 Å². The highest BCUT2D eigenvalue weighted by atomic mass is 32.1. The number of amidine groups is 1. The van der Waals surface area contributed by atoms with E-state index in [1.807, 2.05) is 5.38 Å². The van der Waals surface area contributed by atoms with E-state index in [1.54, 1.807) is 25.3 Å². The number of carboxylic acids is 1. The molecule has 7 nitrogen and oxygen atoms in total. The Kier molecular flexibility index (Phi) is 3.17. The number of hydrogen-bond donors (Lipinski definition) is 2. The van der Waals surface area contributed by atoms with Crippen LogP contribution in [0.15, 0.2) is 46.0 Å². The van der Waals surface area contributed by atoms with Gasteiger partial charge < -0.3 is 15.2 Å². The molecule has 1 unspecified atom stereocenters. The number of nitrogens with one attached hydrogen (secondary N) is 1. The number of thiazole rings is 1. The summed E-state index contributed by atoms with van der Waals surface area (Å²) in [5, 5.41) is 15.9. The van der Waals surface area contributed by atoms with Gasteiger partial charge in [0.2, 0.25) is 0 Å². The fourth-order valence-corrected chi connectivity index (χ4v) is 9.85. The van der Waals surface area contributed by atoms with Crippen molar-refractivity contribution in [3.8, 4) is 0 Å². The van der Waals surface area contributed by atoms with Crippen molar-refractivity contribution in [3.05, 3.63) is 63.0 Å². The smallest absolute Gasteiger partial charge is 0.338 e. The number of nitrogens with zero attached hydrogens (tertiary/aromatic N) is 2. The van der Waals surface area contributed by atoms with E-state index in [0.717, 1.165) is 5.70 Å². The Balaban J connectivity index is 1.31. The molecule has 172 valence electrons. The molecule has 6 fully saturated rings. The van der Waals surface area contributed by atoms with E-state index in [1.165, 1.54) is 24.5 Å². The summed E-state index contributed by atoms with van der Waals surface area (Å²) in [7, 11) is 1.35. The molecule has 9 heteroatoms. The normalized spacial score (nSPS) is 43.1. The maximum Gasteiger partial charge on any atom is 0.338 e. The van der Waals surface area contributed by atoms with Gasteiger partial charge >= 0.3 is 11.9 Å². The summed E-state index contributed by atoms with van der Waals surface area (Å²) in [6.45, 7) is 1.70. The Hall–Kier alpha value is -3.07. The Morgan fingerprint density at radius 1 is 1.18 bits per heavy atom. The first kappa shape index (κ1) is 19.3. The topological polar surface area (TPSA) is 101 Å². The van der Waals surface area contributed by atoms with Crippen molar-refractivity contribution in [1.82, 2.24) is 10.3 Å². The Morgan fingerprint density at radius 2 is 1.88 bits per heavy atom. The molecule has 2 N–H and O–H groups in total. The molecule has 7 aliphatic rings. The molecular formula is C25H20FN3O4S. The third kappa shape index (κ3) is 1.57. The van der Waals surface area contributed by atoms with E-state index in [0.29, 0.717) is 27.5 Å². The lowest BCUT2D eigenvalue weighted by Gasteiger charge is -3.10. The minimum atomic E-state index is -0.729. The van der Waals surface area contributed by atoms with E-state index < -0.39 is 23.4 Å². The monoisotopic (exact) mass is 477 g/mol. The highest BCUT2D eigenvalue weighted by Gasteiger charge is 3.12. The Morgan fingerprint density at radius 3 is 2.47 bits per heavy atom. The van der Waals surface area contributed by atoms with Crippen LogP contribution in [0, 0.1) is 59.1 Å². The first-order chi connectivity index (χ1) is 16.4. The fourth-order valence-electron chi connectivity index (χ4n) is 9.26. The molecule has 6 saturated carbocycles. The summed E-state index contributed by atoms with van der Waals surface area (Å²) in [4.78, 5) is 34.6. The van der Waals surface area contributed by atoms with Crippen LogP contribution in [0.25, 0.3) is 0 Å². The number of carbonyl (C=O) groups is 2. The van der Waals surface area contributed by atoms with E-state index >= 15 is 0 Å². The summed E-state index contributed by atoms with van der Waals surface area (Å²) < 4.78 is 19.8. The number of carboxylic acid groups (broad SMARTS) is 1. The van der Waals surface area contributed by atoms with Crippen molar-refractivity contribution < 1.29 is 23.8 Å². The minimum absolute atomic E-state index is 0.203. The summed E-state index contributed by atoms with van der Waals surface area (Å²) in [6.07, 6.45) is 1.70. The second-order valence-corrected chi connectivity index (χ2v) is 11.3. The van der Waals surface area contributed by atoms with Crippen LogP contribution in [-0.2, 0) is 14.3 Å². The molecule has 0 radical (unpaired) electrons. The second-order valence-electron chi connectivity index (χ2n) is 10.4. The van der Waals surface area contributed by atoms with Crippen molar-refractivity contribution in [2.45, 2.75) is 13.0 Å². The van der Waals surface area contributed by atoms with Crippen LogP contribution in [0.1, 0.15) is 22.2 Å². The molecule has 1 atom stereocenters. The van der Waals surface area contributed by atoms with Gasteiger partial charge in [0.1, 0.15) is 11.9 Å². The van der Waals surface area contributed by atoms with E-state index in [-0.39, 0.29) is 46.7 Å². The summed E-state index contributed by atoms with van der Waals surface area (Å²) >= 11 is 1.44. The van der Waals surface area contributed by atoms with Crippen LogP contribution in [0.5, 0.6) is 0 Å². The van der Waals surface area contributed by atoms with Gasteiger partial charge in [-0.2, -0.15) is 0 Å². The average molecular weight is 478 g/mol. The molecule has 2 aromatic rings. The lowest BCUT2D eigenvalue weighted by atomic mass is 8.92. The summed E-state index contributed by atoms with van der Waals surface area (Å²) in [5.41, 5.74) is 1.54. The predicted octanol–water partition coefficient (Wildman–Crippen LogP) is 2.93. The fraction of sp³-hybridized carbons (Fsp3) is 0.440. The maximum atomic E-state index is 14.6. The lowest BCUT2D eigenvalue weighted by molar-refractivity contribution is -0.633. The third-order valence-electron chi connectivity index (χ3n) is 10.1. The third-order valence-corrected chi connectivity index (χ3v) is 10.9. The average Bonchev–Trinajstić information content (AvgIpc) is 3.39. The number of ether oxygens (including phenoxy) is 1. The number of halogens is 1. The van der Waals surface area contributed by atoms with Gasteiger partial charge in [0.05, 0.1) is 18.1 Å². The van der Waals surface area contributed by atoms with Crippen molar-refractivity contribution in [3.63, 3.8) is 0 Å². The van der Waals surface area contributed by atoms with Crippen LogP contribution in [0.4, 0.5) is 4.39 Å². The quantitative estimate of drug-likeness (QED) is 0.643. The van der Waals surface area contributed by atoms with Crippen molar-refractivity contribution in [2.75, 3.05) is 7.11 Å². The van der Waals surface area contributed by atoms with Crippen LogP contribution < -0.4 is 5.32 Å². The van der Waals surface area contributed by atoms with Gasteiger partial charge in [-0.25, -0.2) is 14.2 Å². The predicted molar refractivity (Wildman–Crippen MR) is 118 cm³/mol. The van der Waals surface area contributed by atoms with Gasteiger partial charge in [0.15, 0.2) is 10.8 Å². The van der Waals surface area contributed by atoms with Gasteiger partial charge in [0.25, 0.3) is 0 Å². The first-order valence-corrected chi connectivity index (χ1v) is 12.4. The minimum Gasteiger partial charge on any atom is -0.481 e. The second kappa shape index (κ2) is 5.59. The molecule has 0 amide bonds.